The van der Waals surface area contributed by atoms with Gasteiger partial charge in [0.15, 0.2) is 0 Å². The van der Waals surface area contributed by atoms with Crippen molar-refractivity contribution in [2.24, 2.45) is 10.3 Å². The predicted molar refractivity (Wildman–Crippen MR) is 96.1 cm³/mol. The summed E-state index contributed by atoms with van der Waals surface area (Å²) < 4.78 is 0. The Kier molecular flexibility index (Phi) is 17.5. The molecule has 0 aromatic heterocycles. The first-order valence-electron chi connectivity index (χ1n) is 7.92. The fourth-order valence-corrected chi connectivity index (χ4v) is 1.69. The number of aryl methyl sites for hydroxylation is 1. The zero-order valence-electron chi connectivity index (χ0n) is 14.5. The largest absolute Gasteiger partial charge is 0.394 e. The first-order chi connectivity index (χ1) is 10.8. The predicted octanol–water partition coefficient (Wildman–Crippen LogP) is 4.49. The van der Waals surface area contributed by atoms with Crippen LogP contribution in [-0.2, 0) is 6.42 Å². The van der Waals surface area contributed by atoms with E-state index < -0.39 is 0 Å². The molecule has 4 heteroatoms. The Morgan fingerprint density at radius 1 is 1.09 bits per heavy atom. The monoisotopic (exact) mass is 305 g/mol. The lowest BCUT2D eigenvalue weighted by Crippen LogP contribution is -2.07. The van der Waals surface area contributed by atoms with Gasteiger partial charge in [-0.2, -0.15) is 5.11 Å². The van der Waals surface area contributed by atoms with Crippen LogP contribution in [0.3, 0.4) is 0 Å². The molecule has 0 aliphatic carbocycles. The summed E-state index contributed by atoms with van der Waals surface area (Å²) in [5.74, 6) is 0. The number of anilines is 1. The molecule has 1 N–H and O–H groups in total. The summed E-state index contributed by atoms with van der Waals surface area (Å²) in [6, 6.07) is 8.39. The Morgan fingerprint density at radius 3 is 2.18 bits per heavy atom. The zero-order valence-corrected chi connectivity index (χ0v) is 14.5. The van der Waals surface area contributed by atoms with Gasteiger partial charge in [-0.3, -0.25) is 5.01 Å². The van der Waals surface area contributed by atoms with Gasteiger partial charge in [0.2, 0.25) is 0 Å². The number of aliphatic hydroxyl groups is 1. The van der Waals surface area contributed by atoms with E-state index in [9.17, 15) is 0 Å². The smallest absolute Gasteiger partial charge is 0.0851 e. The molecule has 0 saturated heterocycles. The number of aliphatic hydroxyl groups excluding tert-OH is 1. The van der Waals surface area contributed by atoms with Gasteiger partial charge in [-0.15, -0.1) is 12.8 Å². The van der Waals surface area contributed by atoms with Crippen LogP contribution in [-0.4, -0.2) is 25.3 Å². The minimum atomic E-state index is 0.0354. The van der Waals surface area contributed by atoms with Crippen LogP contribution in [0, 0.1) is 12.8 Å². The van der Waals surface area contributed by atoms with Crippen molar-refractivity contribution in [3.05, 3.63) is 29.8 Å². The Morgan fingerprint density at radius 2 is 1.68 bits per heavy atom. The van der Waals surface area contributed by atoms with Crippen molar-refractivity contribution in [3.8, 4) is 12.8 Å². The standard InChI is InChI=1S/C14H23N3O.C2H6.C2H2/c1-3-4-5-6-13-7-9-14(10-8-13)17(2)16-15-11-12-18;2*1-2/h7-10,18H,3-6,11-12H2,1-2H3;1-2H3;1-2H. The maximum absolute atomic E-state index is 8.62. The molecule has 0 unspecified atom stereocenters. The number of nitrogens with zero attached hydrogens (tertiary/aromatic N) is 3. The molecule has 0 saturated carbocycles. The van der Waals surface area contributed by atoms with Gasteiger partial charge in [0, 0.05) is 7.05 Å². The maximum atomic E-state index is 8.62. The molecule has 0 atom stereocenters. The molecule has 0 bridgehead atoms. The highest BCUT2D eigenvalue weighted by molar-refractivity contribution is 5.45. The van der Waals surface area contributed by atoms with Crippen molar-refractivity contribution < 1.29 is 5.11 Å². The van der Waals surface area contributed by atoms with Crippen LogP contribution in [0.1, 0.15) is 45.6 Å². The van der Waals surface area contributed by atoms with Crippen molar-refractivity contribution in [2.45, 2.75) is 46.5 Å². The van der Waals surface area contributed by atoms with E-state index in [2.05, 4.69) is 54.4 Å². The Labute approximate surface area is 136 Å². The van der Waals surface area contributed by atoms with Crippen molar-refractivity contribution >= 4 is 5.69 Å². The molecule has 0 radical (unpaired) electrons. The summed E-state index contributed by atoms with van der Waals surface area (Å²) in [5, 5.41) is 18.2. The van der Waals surface area contributed by atoms with Gasteiger partial charge in [0.1, 0.15) is 0 Å². The van der Waals surface area contributed by atoms with E-state index in [1.807, 2.05) is 20.9 Å². The van der Waals surface area contributed by atoms with E-state index in [4.69, 9.17) is 5.11 Å². The molecule has 0 aliphatic heterocycles. The molecule has 0 fully saturated rings. The summed E-state index contributed by atoms with van der Waals surface area (Å²) in [6.07, 6.45) is 12.9. The highest BCUT2D eigenvalue weighted by Crippen LogP contribution is 2.15. The number of hydrogen-bond donors (Lipinski definition) is 1. The number of terminal acetylenes is 1. The van der Waals surface area contributed by atoms with Crippen molar-refractivity contribution in [2.75, 3.05) is 25.2 Å². The first kappa shape index (κ1) is 22.4. The van der Waals surface area contributed by atoms with E-state index in [1.54, 1.807) is 5.01 Å². The number of unbranched alkanes of at least 4 members (excludes halogenated alkanes) is 2. The van der Waals surface area contributed by atoms with Crippen molar-refractivity contribution in [3.63, 3.8) is 0 Å². The van der Waals surface area contributed by atoms with Gasteiger partial charge >= 0.3 is 0 Å². The van der Waals surface area contributed by atoms with Crippen LogP contribution < -0.4 is 5.01 Å². The molecule has 4 nitrogen and oxygen atoms in total. The Balaban J connectivity index is 0. The zero-order chi connectivity index (χ0) is 17.2. The minimum Gasteiger partial charge on any atom is -0.394 e. The molecule has 0 heterocycles. The fraction of sp³-hybridized carbons (Fsp3) is 0.556. The molecule has 124 valence electrons. The second-order valence-corrected chi connectivity index (χ2v) is 4.33. The number of rotatable bonds is 8. The molecular weight excluding hydrogens is 274 g/mol. The van der Waals surface area contributed by atoms with Gasteiger partial charge in [-0.1, -0.05) is 51.0 Å². The third kappa shape index (κ3) is 10.9. The van der Waals surface area contributed by atoms with Gasteiger partial charge in [0.25, 0.3) is 0 Å². The van der Waals surface area contributed by atoms with Gasteiger partial charge in [0.05, 0.1) is 18.8 Å². The third-order valence-corrected chi connectivity index (χ3v) is 2.78. The summed E-state index contributed by atoms with van der Waals surface area (Å²) in [5.41, 5.74) is 2.38. The number of hydrogen-bond acceptors (Lipinski definition) is 3. The first-order valence-corrected chi connectivity index (χ1v) is 7.92. The molecule has 1 rings (SSSR count). The van der Waals surface area contributed by atoms with Gasteiger partial charge in [-0.25, -0.2) is 0 Å². The van der Waals surface area contributed by atoms with Gasteiger partial charge in [-0.05, 0) is 30.5 Å². The Hall–Kier alpha value is -1.86. The van der Waals surface area contributed by atoms with E-state index in [0.29, 0.717) is 6.54 Å². The average Bonchev–Trinajstić information content (AvgIpc) is 2.59. The second-order valence-electron chi connectivity index (χ2n) is 4.33. The molecule has 0 amide bonds. The molecule has 22 heavy (non-hydrogen) atoms. The quantitative estimate of drug-likeness (QED) is 0.333. The molecule has 1 aromatic carbocycles. The molecule has 0 spiro atoms. The summed E-state index contributed by atoms with van der Waals surface area (Å²) in [6.45, 7) is 6.60. The summed E-state index contributed by atoms with van der Waals surface area (Å²) in [4.78, 5) is 0. The molecular formula is C18H31N3O. The summed E-state index contributed by atoms with van der Waals surface area (Å²) >= 11 is 0. The Bertz CT molecular complexity index is 385. The third-order valence-electron chi connectivity index (χ3n) is 2.78. The number of benzene rings is 1. The fourth-order valence-electron chi connectivity index (χ4n) is 1.69. The molecule has 1 aromatic rings. The topological polar surface area (TPSA) is 48.2 Å². The van der Waals surface area contributed by atoms with Crippen LogP contribution in [0.15, 0.2) is 34.6 Å². The van der Waals surface area contributed by atoms with Crippen molar-refractivity contribution in [1.82, 2.24) is 0 Å². The van der Waals surface area contributed by atoms with Crippen LogP contribution in [0.5, 0.6) is 0 Å². The van der Waals surface area contributed by atoms with Crippen LogP contribution >= 0.6 is 0 Å². The second kappa shape index (κ2) is 17.2. The lowest BCUT2D eigenvalue weighted by Gasteiger charge is -2.11. The van der Waals surface area contributed by atoms with E-state index in [1.165, 1.54) is 24.8 Å². The minimum absolute atomic E-state index is 0.0354. The SMILES string of the molecule is C#C.CC.CCCCCc1ccc(N(C)N=NCCO)cc1. The maximum Gasteiger partial charge on any atom is 0.0851 e. The molecule has 0 aliphatic rings. The lowest BCUT2D eigenvalue weighted by atomic mass is 10.1. The average molecular weight is 305 g/mol. The van der Waals surface area contributed by atoms with Crippen LogP contribution in [0.4, 0.5) is 5.69 Å². The highest BCUT2D eigenvalue weighted by atomic mass is 16.3. The summed E-state index contributed by atoms with van der Waals surface area (Å²) in [7, 11) is 1.85. The van der Waals surface area contributed by atoms with E-state index in [0.717, 1.165) is 12.1 Å². The van der Waals surface area contributed by atoms with E-state index in [-0.39, 0.29) is 6.61 Å². The van der Waals surface area contributed by atoms with Crippen LogP contribution in [0.25, 0.3) is 0 Å². The van der Waals surface area contributed by atoms with E-state index >= 15 is 0 Å². The lowest BCUT2D eigenvalue weighted by molar-refractivity contribution is 0.304. The van der Waals surface area contributed by atoms with Gasteiger partial charge < -0.3 is 5.11 Å². The van der Waals surface area contributed by atoms with Crippen LogP contribution in [0.2, 0.25) is 0 Å². The highest BCUT2D eigenvalue weighted by Gasteiger charge is 1.99. The normalized spacial score (nSPS) is 9.41. The van der Waals surface area contributed by atoms with Crippen molar-refractivity contribution in [1.29, 1.82) is 0 Å².